The summed E-state index contributed by atoms with van der Waals surface area (Å²) in [6.07, 6.45) is -0.310. The Balaban J connectivity index is 1.59. The molecule has 158 valence electrons. The third-order valence-electron chi connectivity index (χ3n) is 5.98. The second-order valence-electron chi connectivity index (χ2n) is 8.01. The molecule has 0 radical (unpaired) electrons. The van der Waals surface area contributed by atoms with Crippen molar-refractivity contribution >= 4 is 17.4 Å². The number of methoxy groups -OCH3 is 1. The van der Waals surface area contributed by atoms with Gasteiger partial charge in [0.25, 0.3) is 5.91 Å². The molecule has 0 bridgehead atoms. The number of anilines is 1. The normalized spacial score (nSPS) is 22.2. The number of ketones is 1. The molecular formula is C23H27N3O4. The Hall–Kier alpha value is -2.74. The van der Waals surface area contributed by atoms with Crippen LogP contribution >= 0.6 is 0 Å². The van der Waals surface area contributed by atoms with E-state index < -0.39 is 11.5 Å². The SMILES string of the molecule is COc1cccc(C(=O)CC2(O)C(=O)N(CN3CCN(C)CC3)c3ccccc32)c1. The van der Waals surface area contributed by atoms with E-state index in [2.05, 4.69) is 16.8 Å². The van der Waals surface area contributed by atoms with E-state index in [1.807, 2.05) is 12.1 Å². The average molecular weight is 409 g/mol. The van der Waals surface area contributed by atoms with Gasteiger partial charge in [-0.3, -0.25) is 19.4 Å². The number of likely N-dealkylation sites (N-methyl/N-ethyl adjacent to an activating group) is 1. The van der Waals surface area contributed by atoms with E-state index in [9.17, 15) is 14.7 Å². The standard InChI is InChI=1S/C23H27N3O4/c1-24-10-12-25(13-11-24)16-26-20-9-4-3-8-19(20)23(29,22(26)28)15-21(27)17-6-5-7-18(14-17)30-2/h3-9,14,29H,10-13,15-16H2,1-2H3. The van der Waals surface area contributed by atoms with E-state index in [0.717, 1.165) is 26.2 Å². The number of carbonyl (C=O) groups excluding carboxylic acids is 2. The molecule has 1 saturated heterocycles. The fourth-order valence-corrected chi connectivity index (χ4v) is 4.14. The Bertz CT molecular complexity index is 955. The summed E-state index contributed by atoms with van der Waals surface area (Å²) in [5.74, 6) is -0.192. The minimum absolute atomic E-state index is 0.305. The summed E-state index contributed by atoms with van der Waals surface area (Å²) in [7, 11) is 3.61. The molecule has 7 nitrogen and oxygen atoms in total. The maximum Gasteiger partial charge on any atom is 0.265 e. The lowest BCUT2D eigenvalue weighted by Crippen LogP contribution is -2.51. The number of piperazine rings is 1. The Morgan fingerprint density at radius 3 is 2.57 bits per heavy atom. The predicted octanol–water partition coefficient (Wildman–Crippen LogP) is 1.71. The summed E-state index contributed by atoms with van der Waals surface area (Å²) >= 11 is 0. The lowest BCUT2D eigenvalue weighted by atomic mass is 9.88. The van der Waals surface area contributed by atoms with Crippen LogP contribution in [0.5, 0.6) is 5.75 Å². The quantitative estimate of drug-likeness (QED) is 0.733. The number of ether oxygens (including phenoxy) is 1. The monoisotopic (exact) mass is 409 g/mol. The van der Waals surface area contributed by atoms with Crippen LogP contribution in [0, 0.1) is 0 Å². The molecule has 2 aromatic rings. The molecule has 30 heavy (non-hydrogen) atoms. The average Bonchev–Trinajstić information content (AvgIpc) is 2.97. The van der Waals surface area contributed by atoms with Crippen molar-refractivity contribution < 1.29 is 19.4 Å². The molecule has 4 rings (SSSR count). The van der Waals surface area contributed by atoms with Crippen LogP contribution in [0.1, 0.15) is 22.3 Å². The second kappa shape index (κ2) is 8.18. The van der Waals surface area contributed by atoms with Crippen molar-refractivity contribution in [2.24, 2.45) is 0 Å². The van der Waals surface area contributed by atoms with Crippen molar-refractivity contribution in [1.29, 1.82) is 0 Å². The highest BCUT2D eigenvalue weighted by Gasteiger charge is 2.51. The number of hydrogen-bond acceptors (Lipinski definition) is 6. The first-order valence-corrected chi connectivity index (χ1v) is 10.1. The van der Waals surface area contributed by atoms with Crippen molar-refractivity contribution in [3.8, 4) is 5.75 Å². The lowest BCUT2D eigenvalue weighted by Gasteiger charge is -2.35. The molecule has 0 spiro atoms. The molecule has 2 aliphatic rings. The van der Waals surface area contributed by atoms with Crippen LogP contribution in [0.25, 0.3) is 0 Å². The van der Waals surface area contributed by atoms with E-state index in [-0.39, 0.29) is 12.2 Å². The van der Waals surface area contributed by atoms with Crippen LogP contribution in [-0.4, -0.2) is 73.6 Å². The molecule has 1 fully saturated rings. The number of benzene rings is 2. The van der Waals surface area contributed by atoms with Gasteiger partial charge in [0.2, 0.25) is 0 Å². The summed E-state index contributed by atoms with van der Waals surface area (Å²) in [6.45, 7) is 3.97. The first-order chi connectivity index (χ1) is 14.4. The van der Waals surface area contributed by atoms with Crippen LogP contribution in [0.4, 0.5) is 5.69 Å². The third kappa shape index (κ3) is 3.71. The van der Waals surface area contributed by atoms with Crippen LogP contribution < -0.4 is 9.64 Å². The zero-order chi connectivity index (χ0) is 21.3. The van der Waals surface area contributed by atoms with Crippen LogP contribution in [0.15, 0.2) is 48.5 Å². The number of carbonyl (C=O) groups is 2. The number of fused-ring (bicyclic) bond motifs is 1. The Kier molecular flexibility index (Phi) is 5.60. The van der Waals surface area contributed by atoms with E-state index in [4.69, 9.17) is 4.74 Å². The number of rotatable bonds is 6. The van der Waals surface area contributed by atoms with Crippen molar-refractivity contribution in [3.63, 3.8) is 0 Å². The molecule has 0 saturated carbocycles. The molecule has 0 aromatic heterocycles. The van der Waals surface area contributed by atoms with Gasteiger partial charge >= 0.3 is 0 Å². The molecule has 0 aliphatic carbocycles. The zero-order valence-corrected chi connectivity index (χ0v) is 17.4. The van der Waals surface area contributed by atoms with Crippen LogP contribution in [0.3, 0.4) is 0 Å². The topological polar surface area (TPSA) is 73.3 Å². The molecule has 2 aliphatic heterocycles. The van der Waals surface area contributed by atoms with Crippen molar-refractivity contribution in [2.45, 2.75) is 12.0 Å². The molecule has 2 aromatic carbocycles. The minimum atomic E-state index is -1.87. The lowest BCUT2D eigenvalue weighted by molar-refractivity contribution is -0.136. The molecule has 1 atom stereocenters. The summed E-state index contributed by atoms with van der Waals surface area (Å²) in [4.78, 5) is 32.4. The van der Waals surface area contributed by atoms with E-state index >= 15 is 0 Å². The second-order valence-corrected chi connectivity index (χ2v) is 8.01. The van der Waals surface area contributed by atoms with Gasteiger partial charge in [0.1, 0.15) is 5.75 Å². The van der Waals surface area contributed by atoms with Gasteiger partial charge in [0, 0.05) is 37.3 Å². The number of Topliss-reactive ketones (excluding diaryl/α,β-unsaturated/α-hetero) is 1. The molecular weight excluding hydrogens is 382 g/mol. The zero-order valence-electron chi connectivity index (χ0n) is 17.4. The first-order valence-electron chi connectivity index (χ1n) is 10.1. The summed E-state index contributed by atoms with van der Waals surface area (Å²) < 4.78 is 5.19. The predicted molar refractivity (Wildman–Crippen MR) is 114 cm³/mol. The summed E-state index contributed by atoms with van der Waals surface area (Å²) in [6, 6.07) is 14.0. The fourth-order valence-electron chi connectivity index (χ4n) is 4.14. The Morgan fingerprint density at radius 1 is 1.10 bits per heavy atom. The Morgan fingerprint density at radius 2 is 1.83 bits per heavy atom. The minimum Gasteiger partial charge on any atom is -0.497 e. The van der Waals surface area contributed by atoms with E-state index in [1.54, 1.807) is 41.3 Å². The maximum absolute atomic E-state index is 13.4. The van der Waals surface area contributed by atoms with Gasteiger partial charge in [0.15, 0.2) is 11.4 Å². The van der Waals surface area contributed by atoms with Crippen molar-refractivity contribution in [2.75, 3.05) is 51.9 Å². The number of hydrogen-bond donors (Lipinski definition) is 1. The highest BCUT2D eigenvalue weighted by molar-refractivity contribution is 6.10. The van der Waals surface area contributed by atoms with Crippen LogP contribution in [-0.2, 0) is 10.4 Å². The van der Waals surface area contributed by atoms with Gasteiger partial charge in [0.05, 0.1) is 25.9 Å². The van der Waals surface area contributed by atoms with Gasteiger partial charge in [-0.2, -0.15) is 0 Å². The molecule has 1 N–H and O–H groups in total. The number of amides is 1. The molecule has 1 amide bonds. The number of para-hydroxylation sites is 1. The Labute approximate surface area is 176 Å². The smallest absolute Gasteiger partial charge is 0.265 e. The van der Waals surface area contributed by atoms with Crippen LogP contribution in [0.2, 0.25) is 0 Å². The van der Waals surface area contributed by atoms with Gasteiger partial charge < -0.3 is 14.7 Å². The van der Waals surface area contributed by atoms with Gasteiger partial charge in [-0.05, 0) is 25.2 Å². The summed E-state index contributed by atoms with van der Waals surface area (Å²) in [5.41, 5.74) is -0.308. The number of aliphatic hydroxyl groups is 1. The largest absolute Gasteiger partial charge is 0.497 e. The van der Waals surface area contributed by atoms with Crippen molar-refractivity contribution in [1.82, 2.24) is 9.80 Å². The number of nitrogens with zero attached hydrogens (tertiary/aromatic N) is 3. The molecule has 2 heterocycles. The third-order valence-corrected chi connectivity index (χ3v) is 5.98. The van der Waals surface area contributed by atoms with Crippen molar-refractivity contribution in [3.05, 3.63) is 59.7 Å². The highest BCUT2D eigenvalue weighted by Crippen LogP contribution is 2.43. The van der Waals surface area contributed by atoms with Gasteiger partial charge in [-0.15, -0.1) is 0 Å². The molecule has 7 heteroatoms. The van der Waals surface area contributed by atoms with E-state index in [0.29, 0.717) is 29.2 Å². The first kappa shape index (κ1) is 20.5. The van der Waals surface area contributed by atoms with Gasteiger partial charge in [-0.25, -0.2) is 0 Å². The molecule has 1 unspecified atom stereocenters. The highest BCUT2D eigenvalue weighted by atomic mass is 16.5. The van der Waals surface area contributed by atoms with Gasteiger partial charge in [-0.1, -0.05) is 30.3 Å². The van der Waals surface area contributed by atoms with E-state index in [1.165, 1.54) is 7.11 Å². The fraction of sp³-hybridized carbons (Fsp3) is 0.391. The maximum atomic E-state index is 13.4. The summed E-state index contributed by atoms with van der Waals surface area (Å²) in [5, 5.41) is 11.4.